The fourth-order valence-corrected chi connectivity index (χ4v) is 7.55. The largest absolute Gasteiger partial charge is 0.347 e. The third-order valence-electron chi connectivity index (χ3n) is 10.9. The maximum Gasteiger partial charge on any atom is 0.290 e. The van der Waals surface area contributed by atoms with Gasteiger partial charge in [0.2, 0.25) is 29.4 Å². The van der Waals surface area contributed by atoms with Gasteiger partial charge in [0.15, 0.2) is 0 Å². The van der Waals surface area contributed by atoms with Crippen molar-refractivity contribution < 1.29 is 28.8 Å². The Morgan fingerprint density at radius 2 is 1.62 bits per heavy atom. The van der Waals surface area contributed by atoms with Crippen molar-refractivity contribution in [2.45, 2.75) is 117 Å². The second-order valence-corrected chi connectivity index (χ2v) is 16.0. The first-order valence-electron chi connectivity index (χ1n) is 19.5. The van der Waals surface area contributed by atoms with E-state index in [0.717, 1.165) is 38.5 Å². The number of rotatable bonds is 19. The second kappa shape index (κ2) is 20.4. The molecule has 5 atom stereocenters. The number of nitrogens with zero attached hydrogens (tertiary/aromatic N) is 2. The van der Waals surface area contributed by atoms with E-state index in [-0.39, 0.29) is 30.1 Å². The van der Waals surface area contributed by atoms with Crippen LogP contribution >= 0.6 is 0 Å². The van der Waals surface area contributed by atoms with Gasteiger partial charge in [0.05, 0.1) is 18.6 Å². The summed E-state index contributed by atoms with van der Waals surface area (Å²) in [5, 5.41) is 11.4. The standard InChI is InChI=1S/C41H64N6O6/c1-9-17-31(36(49)38(51)43-26-32(48)45-34(39(52)46(7)8)29-20-15-12-16-21-29)44-37(50)35-30(41(5,6)10-2)23-25-47(35)40(53)33(42-24-22-27(3)4)28-18-13-11-14-19-28/h10,12,15-16,20-21,27-28,30-31,33-35,42H,2,9,11,13-14,17-19,22-26H2,1,3-8H3,(H,43,51)(H,44,50)(H,45,48)/t30-,31?,33-,34-,35?/m0/s1. The van der Waals surface area contributed by atoms with Crippen LogP contribution in [0, 0.1) is 23.2 Å². The molecule has 2 fully saturated rings. The normalized spacial score (nSPS) is 19.5. The Labute approximate surface area is 316 Å². The van der Waals surface area contributed by atoms with Gasteiger partial charge < -0.3 is 31.1 Å². The smallest absolute Gasteiger partial charge is 0.290 e. The summed E-state index contributed by atoms with van der Waals surface area (Å²) in [5.74, 6) is -3.10. The zero-order valence-corrected chi connectivity index (χ0v) is 33.0. The minimum absolute atomic E-state index is 0.0909. The summed E-state index contributed by atoms with van der Waals surface area (Å²) in [4.78, 5) is 84.4. The van der Waals surface area contributed by atoms with Crippen LogP contribution in [-0.4, -0.2) is 97.0 Å². The minimum atomic E-state index is -1.16. The zero-order valence-electron chi connectivity index (χ0n) is 33.0. The lowest BCUT2D eigenvalue weighted by molar-refractivity contribution is -0.145. The molecular weight excluding hydrogens is 672 g/mol. The van der Waals surface area contributed by atoms with Crippen molar-refractivity contribution in [3.8, 4) is 0 Å². The Morgan fingerprint density at radius 3 is 2.21 bits per heavy atom. The Hall–Kier alpha value is -4.06. The number of allylic oxidation sites excluding steroid dienone is 1. The van der Waals surface area contributed by atoms with Crippen molar-refractivity contribution in [2.24, 2.45) is 23.2 Å². The van der Waals surface area contributed by atoms with E-state index in [0.29, 0.717) is 37.4 Å². The molecule has 0 radical (unpaired) electrons. The Balaban J connectivity index is 1.78. The molecule has 53 heavy (non-hydrogen) atoms. The highest BCUT2D eigenvalue weighted by atomic mass is 16.2. The highest BCUT2D eigenvalue weighted by Crippen LogP contribution is 2.41. The van der Waals surface area contributed by atoms with Crippen LogP contribution in [0.25, 0.3) is 0 Å². The van der Waals surface area contributed by atoms with Gasteiger partial charge in [-0.2, -0.15) is 0 Å². The summed E-state index contributed by atoms with van der Waals surface area (Å²) in [5.41, 5.74) is 0.0738. The average molecular weight is 737 g/mol. The van der Waals surface area contributed by atoms with Gasteiger partial charge in [-0.05, 0) is 67.4 Å². The molecule has 1 aliphatic heterocycles. The van der Waals surface area contributed by atoms with Gasteiger partial charge in [0.25, 0.3) is 5.91 Å². The highest BCUT2D eigenvalue weighted by molar-refractivity contribution is 6.38. The van der Waals surface area contributed by atoms with Crippen molar-refractivity contribution in [1.82, 2.24) is 31.1 Å². The van der Waals surface area contributed by atoms with Crippen LogP contribution < -0.4 is 21.3 Å². The van der Waals surface area contributed by atoms with Gasteiger partial charge in [0, 0.05) is 20.6 Å². The van der Waals surface area contributed by atoms with E-state index in [1.807, 2.05) is 26.8 Å². The number of likely N-dealkylation sites (N-methyl/N-ethyl adjacent to an activating group) is 1. The van der Waals surface area contributed by atoms with Crippen molar-refractivity contribution in [2.75, 3.05) is 33.7 Å². The fraction of sp³-hybridized carbons (Fsp3) is 0.659. The SMILES string of the molecule is C=CC(C)(C)[C@H]1CCN(C(=O)[C@@H](NCCC(C)C)C2CCCCC2)C1C(=O)NC(CCC)C(=O)C(=O)NCC(=O)N[C@H](C(=O)N(C)C)c1ccccc1. The molecule has 1 saturated carbocycles. The van der Waals surface area contributed by atoms with Crippen molar-refractivity contribution in [3.05, 3.63) is 48.6 Å². The molecule has 0 bridgehead atoms. The fourth-order valence-electron chi connectivity index (χ4n) is 7.55. The molecule has 1 aliphatic carbocycles. The summed E-state index contributed by atoms with van der Waals surface area (Å²) in [6, 6.07) is 5.31. The molecule has 4 N–H and O–H groups in total. The molecule has 0 spiro atoms. The molecule has 1 aromatic carbocycles. The molecule has 3 rings (SSSR count). The Kier molecular flexibility index (Phi) is 16.7. The molecule has 5 amide bonds. The third kappa shape index (κ3) is 12.0. The average Bonchev–Trinajstić information content (AvgIpc) is 3.61. The van der Waals surface area contributed by atoms with Crippen molar-refractivity contribution in [3.63, 3.8) is 0 Å². The van der Waals surface area contributed by atoms with Crippen LogP contribution in [0.3, 0.4) is 0 Å². The minimum Gasteiger partial charge on any atom is -0.347 e. The maximum absolute atomic E-state index is 14.5. The second-order valence-electron chi connectivity index (χ2n) is 16.0. The first-order chi connectivity index (χ1) is 25.1. The first-order valence-corrected chi connectivity index (χ1v) is 19.5. The third-order valence-corrected chi connectivity index (χ3v) is 10.9. The molecule has 1 heterocycles. The number of likely N-dealkylation sites (tertiary alicyclic amines) is 1. The number of Topliss-reactive ketones (excluding diaryl/α,β-unsaturated/α-hetero) is 1. The number of carbonyl (C=O) groups excluding carboxylic acids is 6. The van der Waals surface area contributed by atoms with E-state index in [1.165, 1.54) is 4.90 Å². The van der Waals surface area contributed by atoms with Crippen LogP contribution in [0.15, 0.2) is 43.0 Å². The van der Waals surface area contributed by atoms with E-state index in [4.69, 9.17) is 0 Å². The summed E-state index contributed by atoms with van der Waals surface area (Å²) in [6.07, 6.45) is 9.23. The van der Waals surface area contributed by atoms with Crippen LogP contribution in [0.1, 0.15) is 104 Å². The van der Waals surface area contributed by atoms with Gasteiger partial charge in [0.1, 0.15) is 12.1 Å². The lowest BCUT2D eigenvalue weighted by Gasteiger charge is -2.38. The lowest BCUT2D eigenvalue weighted by Crippen LogP contribution is -2.59. The van der Waals surface area contributed by atoms with E-state index >= 15 is 0 Å². The van der Waals surface area contributed by atoms with E-state index < -0.39 is 59.6 Å². The van der Waals surface area contributed by atoms with Gasteiger partial charge in [-0.15, -0.1) is 6.58 Å². The summed E-state index contributed by atoms with van der Waals surface area (Å²) in [7, 11) is 3.16. The lowest BCUT2D eigenvalue weighted by atomic mass is 9.74. The van der Waals surface area contributed by atoms with E-state index in [1.54, 1.807) is 49.3 Å². The van der Waals surface area contributed by atoms with Gasteiger partial charge in [-0.1, -0.05) is 96.7 Å². The quantitative estimate of drug-likeness (QED) is 0.124. The summed E-state index contributed by atoms with van der Waals surface area (Å²) < 4.78 is 0. The number of amides is 5. The number of ketones is 1. The van der Waals surface area contributed by atoms with Gasteiger partial charge in [-0.25, -0.2) is 0 Å². The number of carbonyl (C=O) groups is 6. The molecule has 12 heteroatoms. The predicted octanol–water partition coefficient (Wildman–Crippen LogP) is 3.92. The predicted molar refractivity (Wildman–Crippen MR) is 206 cm³/mol. The van der Waals surface area contributed by atoms with Gasteiger partial charge in [-0.3, -0.25) is 28.8 Å². The van der Waals surface area contributed by atoms with Crippen LogP contribution in [0.4, 0.5) is 0 Å². The number of hydrogen-bond donors (Lipinski definition) is 4. The zero-order chi connectivity index (χ0) is 39.3. The summed E-state index contributed by atoms with van der Waals surface area (Å²) in [6.45, 7) is 14.7. The molecule has 0 aromatic heterocycles. The number of nitrogens with one attached hydrogen (secondary N) is 4. The molecule has 1 aromatic rings. The van der Waals surface area contributed by atoms with E-state index in [2.05, 4.69) is 41.7 Å². The number of hydrogen-bond acceptors (Lipinski definition) is 7. The molecule has 1 saturated heterocycles. The molecule has 2 aliphatic rings. The van der Waals surface area contributed by atoms with Crippen LogP contribution in [-0.2, 0) is 28.8 Å². The van der Waals surface area contributed by atoms with Crippen LogP contribution in [0.5, 0.6) is 0 Å². The Bertz CT molecular complexity index is 1420. The van der Waals surface area contributed by atoms with Crippen molar-refractivity contribution >= 4 is 35.3 Å². The summed E-state index contributed by atoms with van der Waals surface area (Å²) >= 11 is 0. The molecule has 2 unspecified atom stereocenters. The molecule has 12 nitrogen and oxygen atoms in total. The van der Waals surface area contributed by atoms with Gasteiger partial charge >= 0.3 is 0 Å². The first kappa shape index (κ1) is 43.3. The Morgan fingerprint density at radius 1 is 0.962 bits per heavy atom. The topological polar surface area (TPSA) is 157 Å². The van der Waals surface area contributed by atoms with E-state index in [9.17, 15) is 28.8 Å². The molecular formula is C41H64N6O6. The monoisotopic (exact) mass is 736 g/mol. The molecule has 294 valence electrons. The number of benzene rings is 1. The van der Waals surface area contributed by atoms with Crippen molar-refractivity contribution in [1.29, 1.82) is 0 Å². The van der Waals surface area contributed by atoms with Crippen LogP contribution in [0.2, 0.25) is 0 Å². The maximum atomic E-state index is 14.5. The highest BCUT2D eigenvalue weighted by Gasteiger charge is 2.49.